The molecule has 1 fully saturated rings. The summed E-state index contributed by atoms with van der Waals surface area (Å²) in [6.45, 7) is 9.16. The lowest BCUT2D eigenvalue weighted by Gasteiger charge is -2.39. The van der Waals surface area contributed by atoms with E-state index in [1.807, 2.05) is 18.2 Å². The van der Waals surface area contributed by atoms with Crippen molar-refractivity contribution in [3.8, 4) is 0 Å². The summed E-state index contributed by atoms with van der Waals surface area (Å²) in [7, 11) is 0. The van der Waals surface area contributed by atoms with Crippen molar-refractivity contribution in [2.45, 2.75) is 38.2 Å². The zero-order chi connectivity index (χ0) is 15.3. The molecule has 1 aliphatic heterocycles. The molecule has 1 aromatic carbocycles. The van der Waals surface area contributed by atoms with Crippen LogP contribution in [0, 0.1) is 0 Å². The Morgan fingerprint density at radius 3 is 2.52 bits per heavy atom. The van der Waals surface area contributed by atoms with Gasteiger partial charge in [0.1, 0.15) is 0 Å². The van der Waals surface area contributed by atoms with Crippen molar-refractivity contribution in [1.82, 2.24) is 10.2 Å². The van der Waals surface area contributed by atoms with Gasteiger partial charge in [0.2, 0.25) is 0 Å². The molecule has 0 aliphatic carbocycles. The smallest absolute Gasteiger partial charge is 0.0723 e. The number of aliphatic hydroxyl groups is 1. The second-order valence-electron chi connectivity index (χ2n) is 5.97. The topological polar surface area (TPSA) is 35.5 Å². The highest BCUT2D eigenvalue weighted by Gasteiger charge is 2.35. The van der Waals surface area contributed by atoms with Crippen molar-refractivity contribution in [3.05, 3.63) is 34.9 Å². The lowest BCUT2D eigenvalue weighted by molar-refractivity contribution is -0.00821. The summed E-state index contributed by atoms with van der Waals surface area (Å²) < 4.78 is 0. The van der Waals surface area contributed by atoms with E-state index in [1.165, 1.54) is 0 Å². The second-order valence-corrected chi connectivity index (χ2v) is 6.41. The molecule has 2 N–H and O–H groups in total. The first-order valence-corrected chi connectivity index (χ1v) is 8.37. The molecule has 1 aromatic rings. The molecule has 3 nitrogen and oxygen atoms in total. The van der Waals surface area contributed by atoms with Gasteiger partial charge in [0.25, 0.3) is 0 Å². The van der Waals surface area contributed by atoms with Gasteiger partial charge in [0.15, 0.2) is 0 Å². The summed E-state index contributed by atoms with van der Waals surface area (Å²) in [4.78, 5) is 2.44. The van der Waals surface area contributed by atoms with Gasteiger partial charge in [-0.25, -0.2) is 0 Å². The fourth-order valence-corrected chi connectivity index (χ4v) is 3.40. The summed E-state index contributed by atoms with van der Waals surface area (Å²) in [5.41, 5.74) is 0.475. The average Bonchev–Trinajstić information content (AvgIpc) is 2.53. The summed E-state index contributed by atoms with van der Waals surface area (Å²) in [5, 5.41) is 15.2. The van der Waals surface area contributed by atoms with Crippen LogP contribution in [0.4, 0.5) is 0 Å². The molecule has 0 radical (unpaired) electrons. The number of rotatable bonds is 6. The summed E-state index contributed by atoms with van der Waals surface area (Å²) in [6.07, 6.45) is 1.51. The van der Waals surface area contributed by atoms with Gasteiger partial charge < -0.3 is 15.3 Å². The maximum absolute atomic E-state index is 11.1. The normalized spacial score (nSPS) is 18.7. The quantitative estimate of drug-likeness (QED) is 0.848. The maximum Gasteiger partial charge on any atom is 0.0723 e. The van der Waals surface area contributed by atoms with Gasteiger partial charge in [0, 0.05) is 43.7 Å². The van der Waals surface area contributed by atoms with Crippen molar-refractivity contribution in [1.29, 1.82) is 0 Å². The van der Waals surface area contributed by atoms with E-state index in [0.29, 0.717) is 0 Å². The summed E-state index contributed by atoms with van der Waals surface area (Å²) >= 11 is 6.16. The minimum absolute atomic E-state index is 0.101. The molecule has 0 aromatic heterocycles. The molecule has 0 saturated carbocycles. The molecule has 0 bridgehead atoms. The lowest BCUT2D eigenvalue weighted by atomic mass is 9.78. The molecule has 21 heavy (non-hydrogen) atoms. The van der Waals surface area contributed by atoms with E-state index in [9.17, 15) is 5.11 Å². The Hall–Kier alpha value is -0.610. The van der Waals surface area contributed by atoms with Crippen molar-refractivity contribution in [2.75, 3.05) is 32.7 Å². The third-order valence-electron chi connectivity index (χ3n) is 4.77. The van der Waals surface area contributed by atoms with Gasteiger partial charge >= 0.3 is 0 Å². The highest BCUT2D eigenvalue weighted by molar-refractivity contribution is 6.30. The second kappa shape index (κ2) is 7.59. The SMILES string of the molecule is CCC(O)(CC)C(CN1CCNCC1)c1cccc(Cl)c1. The molecule has 0 amide bonds. The summed E-state index contributed by atoms with van der Waals surface area (Å²) in [5.74, 6) is 0.101. The third-order valence-corrected chi connectivity index (χ3v) is 5.01. The fraction of sp³-hybridized carbons (Fsp3) is 0.647. The van der Waals surface area contributed by atoms with Gasteiger partial charge in [-0.15, -0.1) is 0 Å². The molecule has 1 atom stereocenters. The predicted molar refractivity (Wildman–Crippen MR) is 89.0 cm³/mol. The minimum atomic E-state index is -0.671. The highest BCUT2D eigenvalue weighted by Crippen LogP contribution is 2.35. The fourth-order valence-electron chi connectivity index (χ4n) is 3.20. The largest absolute Gasteiger partial charge is 0.389 e. The number of nitrogens with one attached hydrogen (secondary N) is 1. The number of hydrogen-bond acceptors (Lipinski definition) is 3. The molecular weight excluding hydrogens is 284 g/mol. The van der Waals surface area contributed by atoms with Gasteiger partial charge in [-0.1, -0.05) is 37.6 Å². The predicted octanol–water partition coefficient (Wildman–Crippen LogP) is 2.88. The van der Waals surface area contributed by atoms with Crippen LogP contribution in [0.3, 0.4) is 0 Å². The average molecular weight is 311 g/mol. The minimum Gasteiger partial charge on any atom is -0.389 e. The molecule has 4 heteroatoms. The lowest BCUT2D eigenvalue weighted by Crippen LogP contribution is -2.48. The first-order valence-electron chi connectivity index (χ1n) is 8.00. The molecule has 0 spiro atoms. The number of nitrogens with zero attached hydrogens (tertiary/aromatic N) is 1. The molecule has 2 rings (SSSR count). The Bertz CT molecular complexity index is 442. The third kappa shape index (κ3) is 4.19. The standard InChI is InChI=1S/C17H27ClN2O/c1-3-17(21,4-2)16(13-20-10-8-19-9-11-20)14-6-5-7-15(18)12-14/h5-7,12,16,19,21H,3-4,8-11,13H2,1-2H3. The maximum atomic E-state index is 11.1. The Kier molecular flexibility index (Phi) is 6.06. The number of benzene rings is 1. The monoisotopic (exact) mass is 310 g/mol. The van der Waals surface area contributed by atoms with Crippen LogP contribution < -0.4 is 5.32 Å². The van der Waals surface area contributed by atoms with Crippen LogP contribution in [-0.2, 0) is 0 Å². The Labute approximate surface area is 133 Å². The van der Waals surface area contributed by atoms with Crippen molar-refractivity contribution < 1.29 is 5.11 Å². The zero-order valence-electron chi connectivity index (χ0n) is 13.1. The van der Waals surface area contributed by atoms with Gasteiger partial charge in [-0.05, 0) is 30.5 Å². The van der Waals surface area contributed by atoms with Gasteiger partial charge in [-0.3, -0.25) is 0 Å². The van der Waals surface area contributed by atoms with Gasteiger partial charge in [-0.2, -0.15) is 0 Å². The van der Waals surface area contributed by atoms with Crippen LogP contribution >= 0.6 is 11.6 Å². The Morgan fingerprint density at radius 2 is 1.95 bits per heavy atom. The van der Waals surface area contributed by atoms with Crippen LogP contribution in [0.1, 0.15) is 38.2 Å². The molecule has 1 heterocycles. The van der Waals surface area contributed by atoms with E-state index >= 15 is 0 Å². The van der Waals surface area contributed by atoms with Crippen molar-refractivity contribution >= 4 is 11.6 Å². The molecule has 1 aliphatic rings. The summed E-state index contributed by atoms with van der Waals surface area (Å²) in [6, 6.07) is 7.97. The molecule has 1 saturated heterocycles. The first-order chi connectivity index (χ1) is 10.1. The highest BCUT2D eigenvalue weighted by atomic mass is 35.5. The van der Waals surface area contributed by atoms with E-state index in [0.717, 1.165) is 56.2 Å². The van der Waals surface area contributed by atoms with Crippen LogP contribution in [0.5, 0.6) is 0 Å². The van der Waals surface area contributed by atoms with Crippen LogP contribution in [0.25, 0.3) is 0 Å². The van der Waals surface area contributed by atoms with E-state index in [1.54, 1.807) is 0 Å². The molecule has 1 unspecified atom stereocenters. The van der Waals surface area contributed by atoms with Crippen LogP contribution in [0.2, 0.25) is 5.02 Å². The number of piperazine rings is 1. The van der Waals surface area contributed by atoms with E-state index in [2.05, 4.69) is 30.1 Å². The van der Waals surface area contributed by atoms with E-state index < -0.39 is 5.60 Å². The molecular formula is C17H27ClN2O. The Morgan fingerprint density at radius 1 is 1.29 bits per heavy atom. The van der Waals surface area contributed by atoms with Crippen molar-refractivity contribution in [2.24, 2.45) is 0 Å². The van der Waals surface area contributed by atoms with Crippen LogP contribution in [-0.4, -0.2) is 48.3 Å². The first kappa shape index (κ1) is 16.8. The van der Waals surface area contributed by atoms with Gasteiger partial charge in [0.05, 0.1) is 5.60 Å². The molecule has 118 valence electrons. The Balaban J connectivity index is 2.25. The van der Waals surface area contributed by atoms with Crippen molar-refractivity contribution in [3.63, 3.8) is 0 Å². The number of hydrogen-bond donors (Lipinski definition) is 2. The zero-order valence-corrected chi connectivity index (χ0v) is 13.9. The van der Waals surface area contributed by atoms with E-state index in [4.69, 9.17) is 11.6 Å². The number of halogens is 1. The van der Waals surface area contributed by atoms with E-state index in [-0.39, 0.29) is 5.92 Å². The van der Waals surface area contributed by atoms with Crippen LogP contribution in [0.15, 0.2) is 24.3 Å².